The molecule has 8 nitrogen and oxygen atoms in total. The summed E-state index contributed by atoms with van der Waals surface area (Å²) in [5.41, 5.74) is 0.663. The van der Waals surface area contributed by atoms with Crippen molar-refractivity contribution in [2.45, 2.75) is 64.4 Å². The standard InChI is InChI=1S/C22H31N5O3S2/c1-22(2,3)30-21(29)27-11-9-26(10-12-27)20-16(13-23-32-20)24-18(28)17-14-31-19(25-17)15-7-5-4-6-8-15/h13-15H,4-12H2,1-3H3,(H,24,28). The molecule has 3 heterocycles. The van der Waals surface area contributed by atoms with Gasteiger partial charge in [-0.25, -0.2) is 9.78 Å². The molecular formula is C22H31N5O3S2. The van der Waals surface area contributed by atoms with Gasteiger partial charge in [0.15, 0.2) is 0 Å². The molecule has 2 aromatic rings. The van der Waals surface area contributed by atoms with Crippen molar-refractivity contribution in [2.75, 3.05) is 36.4 Å². The molecule has 1 N–H and O–H groups in total. The first-order valence-electron chi connectivity index (χ1n) is 11.2. The molecule has 1 saturated carbocycles. The van der Waals surface area contributed by atoms with Gasteiger partial charge in [0.25, 0.3) is 5.91 Å². The number of nitrogens with one attached hydrogen (secondary N) is 1. The number of hydrogen-bond donors (Lipinski definition) is 1. The van der Waals surface area contributed by atoms with Gasteiger partial charge in [-0.3, -0.25) is 4.79 Å². The Labute approximate surface area is 197 Å². The Hall–Kier alpha value is -2.20. The summed E-state index contributed by atoms with van der Waals surface area (Å²) in [6, 6.07) is 0. The summed E-state index contributed by atoms with van der Waals surface area (Å²) < 4.78 is 9.76. The summed E-state index contributed by atoms with van der Waals surface area (Å²) >= 11 is 2.94. The Morgan fingerprint density at radius 3 is 2.53 bits per heavy atom. The smallest absolute Gasteiger partial charge is 0.410 e. The summed E-state index contributed by atoms with van der Waals surface area (Å²) in [4.78, 5) is 33.7. The van der Waals surface area contributed by atoms with Gasteiger partial charge in [-0.2, -0.15) is 4.37 Å². The van der Waals surface area contributed by atoms with Crippen LogP contribution in [-0.2, 0) is 4.74 Å². The third-order valence-electron chi connectivity index (χ3n) is 5.73. The highest BCUT2D eigenvalue weighted by Crippen LogP contribution is 2.35. The number of aromatic nitrogens is 2. The highest BCUT2D eigenvalue weighted by atomic mass is 32.1. The molecule has 2 amide bonds. The second-order valence-electron chi connectivity index (χ2n) is 9.36. The molecule has 0 unspecified atom stereocenters. The van der Waals surface area contributed by atoms with Crippen LogP contribution in [-0.4, -0.2) is 58.0 Å². The predicted octanol–water partition coefficient (Wildman–Crippen LogP) is 4.96. The van der Waals surface area contributed by atoms with Crippen molar-refractivity contribution >= 4 is 45.6 Å². The summed E-state index contributed by atoms with van der Waals surface area (Å²) in [5.74, 6) is 0.298. The van der Waals surface area contributed by atoms with E-state index in [0.717, 1.165) is 10.0 Å². The molecule has 2 aromatic heterocycles. The van der Waals surface area contributed by atoms with Gasteiger partial charge in [0.1, 0.15) is 16.3 Å². The second kappa shape index (κ2) is 9.74. The zero-order chi connectivity index (χ0) is 22.7. The first kappa shape index (κ1) is 23.0. The van der Waals surface area contributed by atoms with Crippen molar-refractivity contribution in [1.82, 2.24) is 14.3 Å². The largest absolute Gasteiger partial charge is 0.444 e. The lowest BCUT2D eigenvalue weighted by molar-refractivity contribution is 0.0241. The molecular weight excluding hydrogens is 446 g/mol. The Kier molecular flexibility index (Phi) is 6.99. The maximum Gasteiger partial charge on any atom is 0.410 e. The van der Waals surface area contributed by atoms with Crippen LogP contribution in [0, 0.1) is 0 Å². The Morgan fingerprint density at radius 1 is 1.12 bits per heavy atom. The van der Waals surface area contributed by atoms with Crippen LogP contribution in [0.4, 0.5) is 15.5 Å². The number of carbonyl (C=O) groups is 2. The number of anilines is 2. The average molecular weight is 478 g/mol. The van der Waals surface area contributed by atoms with Gasteiger partial charge in [-0.15, -0.1) is 11.3 Å². The molecule has 0 radical (unpaired) electrons. The first-order chi connectivity index (χ1) is 15.3. The molecule has 2 aliphatic rings. The van der Waals surface area contributed by atoms with Gasteiger partial charge in [0.05, 0.1) is 16.9 Å². The SMILES string of the molecule is CC(C)(C)OC(=O)N1CCN(c2sncc2NC(=O)c2csc(C3CCCCC3)n2)CC1. The van der Waals surface area contributed by atoms with Crippen LogP contribution >= 0.6 is 22.9 Å². The number of ether oxygens (including phenoxy) is 1. The molecule has 0 aromatic carbocycles. The summed E-state index contributed by atoms with van der Waals surface area (Å²) in [7, 11) is 0. The third-order valence-corrected chi connectivity index (χ3v) is 7.60. The minimum atomic E-state index is -0.504. The highest BCUT2D eigenvalue weighted by molar-refractivity contribution is 7.11. The van der Waals surface area contributed by atoms with Gasteiger partial charge in [-0.1, -0.05) is 19.3 Å². The van der Waals surface area contributed by atoms with Crippen LogP contribution in [0.5, 0.6) is 0 Å². The minimum Gasteiger partial charge on any atom is -0.444 e. The van der Waals surface area contributed by atoms with E-state index in [4.69, 9.17) is 4.74 Å². The zero-order valence-electron chi connectivity index (χ0n) is 18.9. The maximum absolute atomic E-state index is 12.8. The molecule has 1 aliphatic heterocycles. The van der Waals surface area contributed by atoms with Crippen molar-refractivity contribution in [3.05, 3.63) is 22.3 Å². The Morgan fingerprint density at radius 2 is 1.84 bits per heavy atom. The van der Waals surface area contributed by atoms with Crippen LogP contribution in [0.15, 0.2) is 11.6 Å². The second-order valence-corrected chi connectivity index (χ2v) is 11.0. The van der Waals surface area contributed by atoms with E-state index in [1.54, 1.807) is 22.4 Å². The molecule has 32 heavy (non-hydrogen) atoms. The van der Waals surface area contributed by atoms with Gasteiger partial charge >= 0.3 is 6.09 Å². The number of nitrogens with zero attached hydrogens (tertiary/aromatic N) is 4. The van der Waals surface area contributed by atoms with E-state index < -0.39 is 5.60 Å². The van der Waals surface area contributed by atoms with Crippen molar-refractivity contribution in [2.24, 2.45) is 0 Å². The molecule has 0 bridgehead atoms. The van der Waals surface area contributed by atoms with Crippen molar-refractivity contribution in [3.8, 4) is 0 Å². The number of thiazole rings is 1. The Bertz CT molecular complexity index is 938. The predicted molar refractivity (Wildman–Crippen MR) is 128 cm³/mol. The monoisotopic (exact) mass is 477 g/mol. The molecule has 2 fully saturated rings. The molecule has 1 aliphatic carbocycles. The number of piperazine rings is 1. The van der Waals surface area contributed by atoms with Crippen LogP contribution in [0.1, 0.15) is 74.3 Å². The zero-order valence-corrected chi connectivity index (χ0v) is 20.6. The van der Waals surface area contributed by atoms with Gasteiger partial charge < -0.3 is 19.9 Å². The summed E-state index contributed by atoms with van der Waals surface area (Å²) in [6.07, 6.45) is 7.53. The maximum atomic E-state index is 12.8. The highest BCUT2D eigenvalue weighted by Gasteiger charge is 2.28. The Balaban J connectivity index is 1.35. The van der Waals surface area contributed by atoms with Crippen molar-refractivity contribution in [1.29, 1.82) is 0 Å². The van der Waals surface area contributed by atoms with Crippen LogP contribution in [0.25, 0.3) is 0 Å². The van der Waals surface area contributed by atoms with E-state index in [1.165, 1.54) is 43.6 Å². The first-order valence-corrected chi connectivity index (χ1v) is 12.9. The van der Waals surface area contributed by atoms with E-state index in [1.807, 2.05) is 26.2 Å². The number of rotatable bonds is 4. The van der Waals surface area contributed by atoms with E-state index in [-0.39, 0.29) is 12.0 Å². The van der Waals surface area contributed by atoms with Crippen LogP contribution in [0.2, 0.25) is 0 Å². The number of amides is 2. The normalized spacial score (nSPS) is 18.0. The van der Waals surface area contributed by atoms with Crippen LogP contribution in [0.3, 0.4) is 0 Å². The van der Waals surface area contributed by atoms with Gasteiger partial charge in [-0.05, 0) is 45.1 Å². The molecule has 4 rings (SSSR count). The molecule has 0 atom stereocenters. The van der Waals surface area contributed by atoms with E-state index >= 15 is 0 Å². The fraction of sp³-hybridized carbons (Fsp3) is 0.636. The van der Waals surface area contributed by atoms with Gasteiger partial charge in [0.2, 0.25) is 0 Å². The third kappa shape index (κ3) is 5.58. The quantitative estimate of drug-likeness (QED) is 0.670. The van der Waals surface area contributed by atoms with Crippen molar-refractivity contribution < 1.29 is 14.3 Å². The fourth-order valence-corrected chi connectivity index (χ4v) is 5.81. The lowest BCUT2D eigenvalue weighted by atomic mass is 9.90. The molecule has 0 spiro atoms. The van der Waals surface area contributed by atoms with Crippen molar-refractivity contribution in [3.63, 3.8) is 0 Å². The van der Waals surface area contributed by atoms with E-state index in [2.05, 4.69) is 19.6 Å². The summed E-state index contributed by atoms with van der Waals surface area (Å²) in [5, 5.41) is 6.84. The van der Waals surface area contributed by atoms with E-state index in [9.17, 15) is 9.59 Å². The summed E-state index contributed by atoms with van der Waals surface area (Å²) in [6.45, 7) is 8.06. The molecule has 174 valence electrons. The molecule has 10 heteroatoms. The average Bonchev–Trinajstić information content (AvgIpc) is 3.43. The topological polar surface area (TPSA) is 87.7 Å². The van der Waals surface area contributed by atoms with E-state index in [0.29, 0.717) is 43.5 Å². The molecule has 1 saturated heterocycles. The minimum absolute atomic E-state index is 0.197. The van der Waals surface area contributed by atoms with Crippen LogP contribution < -0.4 is 10.2 Å². The lowest BCUT2D eigenvalue weighted by Gasteiger charge is -2.36. The van der Waals surface area contributed by atoms with Gasteiger partial charge in [0, 0.05) is 37.5 Å². The number of carbonyl (C=O) groups excluding carboxylic acids is 2. The number of hydrogen-bond acceptors (Lipinski definition) is 8. The fourth-order valence-electron chi connectivity index (χ4n) is 4.08. The lowest BCUT2D eigenvalue weighted by Crippen LogP contribution is -2.50.